The molecule has 10 nitrogen and oxygen atoms in total. The van der Waals surface area contributed by atoms with Gasteiger partial charge in [-0.3, -0.25) is 10.1 Å². The molecule has 27 heavy (non-hydrogen) atoms. The summed E-state index contributed by atoms with van der Waals surface area (Å²) in [6.07, 6.45) is 0. The molecular weight excluding hydrogens is 378 g/mol. The van der Waals surface area contributed by atoms with Crippen LogP contribution >= 0.6 is 11.3 Å². The second-order valence-corrected chi connectivity index (χ2v) is 6.03. The van der Waals surface area contributed by atoms with Crippen molar-refractivity contribution in [2.45, 2.75) is 6.61 Å². The maximum atomic E-state index is 12.2. The summed E-state index contributed by atoms with van der Waals surface area (Å²) in [6, 6.07) is 6.78. The Morgan fingerprint density at radius 1 is 1.26 bits per heavy atom. The lowest BCUT2D eigenvalue weighted by molar-refractivity contribution is -0.384. The van der Waals surface area contributed by atoms with E-state index in [1.54, 1.807) is 6.07 Å². The van der Waals surface area contributed by atoms with E-state index in [1.807, 2.05) is 11.4 Å². The fourth-order valence-electron chi connectivity index (χ4n) is 2.10. The van der Waals surface area contributed by atoms with Crippen LogP contribution in [0, 0.1) is 10.1 Å². The minimum atomic E-state index is -0.883. The van der Waals surface area contributed by atoms with Crippen molar-refractivity contribution in [3.05, 3.63) is 62.8 Å². The minimum absolute atomic E-state index is 0.130. The molecule has 0 saturated carbocycles. The number of benzene rings is 1. The van der Waals surface area contributed by atoms with Crippen LogP contribution in [-0.2, 0) is 16.1 Å². The molecule has 0 spiro atoms. The second kappa shape index (κ2) is 7.74. The number of non-ortho nitro benzene ring substituents is 1. The number of aromatic nitrogens is 2. The molecule has 0 amide bonds. The first-order chi connectivity index (χ1) is 13.0. The van der Waals surface area contributed by atoms with Crippen LogP contribution in [0.2, 0.25) is 0 Å². The summed E-state index contributed by atoms with van der Waals surface area (Å²) in [5.41, 5.74) is -0.755. The van der Waals surface area contributed by atoms with Crippen molar-refractivity contribution in [1.82, 2.24) is 10.1 Å². The van der Waals surface area contributed by atoms with Gasteiger partial charge in [0.15, 0.2) is 6.61 Å². The van der Waals surface area contributed by atoms with Crippen LogP contribution in [-0.4, -0.2) is 34.1 Å². The molecule has 0 aliphatic heterocycles. The highest BCUT2D eigenvalue weighted by molar-refractivity contribution is 7.13. The summed E-state index contributed by atoms with van der Waals surface area (Å²) in [7, 11) is 1.13. The normalized spacial score (nSPS) is 10.4. The minimum Gasteiger partial charge on any atom is -0.465 e. The first-order valence-electron chi connectivity index (χ1n) is 7.39. The fraction of sp³-hybridized carbons (Fsp3) is 0.125. The van der Waals surface area contributed by atoms with Crippen molar-refractivity contribution < 1.29 is 28.5 Å². The van der Waals surface area contributed by atoms with E-state index in [0.717, 1.165) is 30.2 Å². The number of carbonyl (C=O) groups is 2. The maximum Gasteiger partial charge on any atom is 0.338 e. The smallest absolute Gasteiger partial charge is 0.338 e. The Kier molecular flexibility index (Phi) is 5.22. The predicted molar refractivity (Wildman–Crippen MR) is 91.2 cm³/mol. The zero-order valence-corrected chi connectivity index (χ0v) is 14.6. The van der Waals surface area contributed by atoms with Crippen LogP contribution in [0.5, 0.6) is 0 Å². The van der Waals surface area contributed by atoms with Crippen molar-refractivity contribution in [2.75, 3.05) is 7.11 Å². The average molecular weight is 389 g/mol. The van der Waals surface area contributed by atoms with Gasteiger partial charge in [0.2, 0.25) is 5.82 Å². The number of carbonyl (C=O) groups excluding carboxylic acids is 2. The molecule has 1 aromatic carbocycles. The Morgan fingerprint density at radius 2 is 2.00 bits per heavy atom. The summed E-state index contributed by atoms with van der Waals surface area (Å²) in [5, 5.41) is 16.6. The molecule has 138 valence electrons. The van der Waals surface area contributed by atoms with E-state index in [1.165, 1.54) is 11.3 Å². The Labute approximate surface area is 155 Å². The number of methoxy groups -OCH3 is 1. The van der Waals surface area contributed by atoms with E-state index in [4.69, 9.17) is 9.26 Å². The molecule has 2 heterocycles. The molecule has 0 N–H and O–H groups in total. The number of esters is 2. The first-order valence-corrected chi connectivity index (χ1v) is 8.27. The van der Waals surface area contributed by atoms with Gasteiger partial charge in [-0.15, -0.1) is 11.3 Å². The molecule has 0 fully saturated rings. The maximum absolute atomic E-state index is 12.2. The number of hydrogen-bond donors (Lipinski definition) is 0. The predicted octanol–water partition coefficient (Wildman–Crippen LogP) is 2.85. The van der Waals surface area contributed by atoms with Gasteiger partial charge in [0.1, 0.15) is 0 Å². The lowest BCUT2D eigenvalue weighted by Gasteiger charge is -2.05. The lowest BCUT2D eigenvalue weighted by atomic mass is 10.1. The second-order valence-electron chi connectivity index (χ2n) is 5.09. The quantitative estimate of drug-likeness (QED) is 0.354. The number of nitrogens with zero attached hydrogens (tertiary/aromatic N) is 3. The monoisotopic (exact) mass is 389 g/mol. The molecule has 0 radical (unpaired) electrons. The van der Waals surface area contributed by atoms with Crippen LogP contribution in [0.25, 0.3) is 10.8 Å². The van der Waals surface area contributed by atoms with Crippen molar-refractivity contribution in [3.63, 3.8) is 0 Å². The fourth-order valence-corrected chi connectivity index (χ4v) is 2.74. The summed E-state index contributed by atoms with van der Waals surface area (Å²) < 4.78 is 14.7. The van der Waals surface area contributed by atoms with E-state index in [2.05, 4.69) is 14.9 Å². The van der Waals surface area contributed by atoms with Crippen molar-refractivity contribution in [3.8, 4) is 10.8 Å². The molecule has 3 rings (SSSR count). The summed E-state index contributed by atoms with van der Waals surface area (Å²) in [4.78, 5) is 39.0. The van der Waals surface area contributed by atoms with Crippen LogP contribution in [0.1, 0.15) is 26.5 Å². The van der Waals surface area contributed by atoms with Gasteiger partial charge in [-0.05, 0) is 17.5 Å². The molecule has 3 aromatic rings. The molecule has 0 bridgehead atoms. The third kappa shape index (κ3) is 4.15. The van der Waals surface area contributed by atoms with E-state index < -0.39 is 22.5 Å². The van der Waals surface area contributed by atoms with Gasteiger partial charge in [-0.25, -0.2) is 9.59 Å². The molecule has 0 atom stereocenters. The third-order valence-electron chi connectivity index (χ3n) is 3.32. The number of nitro benzene ring substituents is 1. The number of hydrogen-bond acceptors (Lipinski definition) is 10. The third-order valence-corrected chi connectivity index (χ3v) is 4.18. The summed E-state index contributed by atoms with van der Waals surface area (Å²) in [5.74, 6) is -1.28. The molecule has 0 unspecified atom stereocenters. The highest BCUT2D eigenvalue weighted by atomic mass is 32.1. The Bertz CT molecular complexity index is 997. The van der Waals surface area contributed by atoms with E-state index in [9.17, 15) is 19.7 Å². The topological polar surface area (TPSA) is 135 Å². The number of nitro groups is 1. The molecular formula is C16H11N3O7S. The zero-order chi connectivity index (χ0) is 19.4. The Hall–Kier alpha value is -3.60. The van der Waals surface area contributed by atoms with Crippen molar-refractivity contribution in [2.24, 2.45) is 0 Å². The summed E-state index contributed by atoms with van der Waals surface area (Å²) >= 11 is 1.41. The van der Waals surface area contributed by atoms with Gasteiger partial charge >= 0.3 is 11.9 Å². The standard InChI is InChI=1S/C16H11N3O7S/c1-24-15(20)9-5-10(7-11(6-9)19(22)23)16(21)25-8-13-17-14(26-18-13)12-3-2-4-27-12/h2-7H,8H2,1H3. The average Bonchev–Trinajstić information content (AvgIpc) is 3.36. The molecule has 2 aromatic heterocycles. The van der Waals surface area contributed by atoms with Gasteiger partial charge in [-0.1, -0.05) is 11.2 Å². The summed E-state index contributed by atoms with van der Waals surface area (Å²) in [6.45, 7) is -0.302. The van der Waals surface area contributed by atoms with Crippen molar-refractivity contribution >= 4 is 29.0 Å². The van der Waals surface area contributed by atoms with Crippen LogP contribution in [0.4, 0.5) is 5.69 Å². The Morgan fingerprint density at radius 3 is 2.63 bits per heavy atom. The van der Waals surface area contributed by atoms with E-state index >= 15 is 0 Å². The van der Waals surface area contributed by atoms with Crippen LogP contribution < -0.4 is 0 Å². The first kappa shape index (κ1) is 18.2. The molecule has 0 aliphatic carbocycles. The van der Waals surface area contributed by atoms with Gasteiger partial charge in [-0.2, -0.15) is 4.98 Å². The van der Waals surface area contributed by atoms with Crippen molar-refractivity contribution in [1.29, 1.82) is 0 Å². The van der Waals surface area contributed by atoms with E-state index in [-0.39, 0.29) is 23.6 Å². The van der Waals surface area contributed by atoms with E-state index in [0.29, 0.717) is 5.89 Å². The van der Waals surface area contributed by atoms with Gasteiger partial charge < -0.3 is 14.0 Å². The van der Waals surface area contributed by atoms with Gasteiger partial charge in [0.25, 0.3) is 11.6 Å². The highest BCUT2D eigenvalue weighted by Crippen LogP contribution is 2.23. The van der Waals surface area contributed by atoms with Gasteiger partial charge in [0.05, 0.1) is 28.0 Å². The molecule has 0 aliphatic rings. The van der Waals surface area contributed by atoms with Crippen LogP contribution in [0.3, 0.4) is 0 Å². The highest BCUT2D eigenvalue weighted by Gasteiger charge is 2.20. The number of ether oxygens (including phenoxy) is 2. The zero-order valence-electron chi connectivity index (χ0n) is 13.8. The molecule has 11 heteroatoms. The largest absolute Gasteiger partial charge is 0.465 e. The SMILES string of the molecule is COC(=O)c1cc(C(=O)OCc2noc(-c3cccs3)n2)cc([N+](=O)[O-])c1. The van der Waals surface area contributed by atoms with Gasteiger partial charge in [0, 0.05) is 12.1 Å². The van der Waals surface area contributed by atoms with Crippen LogP contribution in [0.15, 0.2) is 40.2 Å². The Balaban J connectivity index is 1.75. The lowest BCUT2D eigenvalue weighted by Crippen LogP contribution is -2.10. The molecule has 0 saturated heterocycles. The number of thiophene rings is 1. The number of rotatable bonds is 6.